The van der Waals surface area contributed by atoms with Crippen molar-refractivity contribution in [2.24, 2.45) is 5.92 Å². The molecule has 1 fully saturated rings. The predicted molar refractivity (Wildman–Crippen MR) is 148 cm³/mol. The minimum absolute atomic E-state index is 0.0674. The molecular weight excluding hydrogens is 496 g/mol. The van der Waals surface area contributed by atoms with Crippen LogP contribution in [0.2, 0.25) is 0 Å². The van der Waals surface area contributed by atoms with E-state index in [0.717, 1.165) is 5.56 Å². The van der Waals surface area contributed by atoms with E-state index in [9.17, 15) is 19.5 Å². The number of hydrogen-bond acceptors (Lipinski definition) is 7. The molecule has 1 N–H and O–H groups in total. The lowest BCUT2D eigenvalue weighted by Crippen LogP contribution is -2.29. The molecule has 3 aromatic rings. The Kier molecular flexibility index (Phi) is 8.44. The monoisotopic (exact) mass is 528 g/mol. The van der Waals surface area contributed by atoms with Crippen LogP contribution in [0.1, 0.15) is 60.3 Å². The quantitative estimate of drug-likeness (QED) is 0.166. The van der Waals surface area contributed by atoms with Gasteiger partial charge in [-0.15, -0.1) is 0 Å². The molecular formula is C31H32N2O6. The fourth-order valence-corrected chi connectivity index (χ4v) is 4.38. The second-order valence-electron chi connectivity index (χ2n) is 9.83. The number of rotatable bonds is 9. The largest absolute Gasteiger partial charge is 0.507 e. The highest BCUT2D eigenvalue weighted by Crippen LogP contribution is 2.42. The summed E-state index contributed by atoms with van der Waals surface area (Å²) in [6.07, 6.45) is 3.80. The molecule has 0 bridgehead atoms. The third kappa shape index (κ3) is 5.85. The van der Waals surface area contributed by atoms with Crippen LogP contribution in [-0.2, 0) is 14.3 Å². The number of hydrogen-bond donors (Lipinski definition) is 1. The van der Waals surface area contributed by atoms with Gasteiger partial charge in [-0.2, -0.15) is 0 Å². The minimum atomic E-state index is -0.960. The van der Waals surface area contributed by atoms with Crippen molar-refractivity contribution in [2.75, 3.05) is 18.1 Å². The number of carbonyl (C=O) groups excluding carboxylic acids is 3. The summed E-state index contributed by atoms with van der Waals surface area (Å²) in [5.41, 5.74) is 2.20. The van der Waals surface area contributed by atoms with E-state index < -0.39 is 23.7 Å². The van der Waals surface area contributed by atoms with Crippen LogP contribution < -0.4 is 9.64 Å². The molecule has 202 valence electrons. The smallest absolute Gasteiger partial charge is 0.338 e. The molecule has 8 nitrogen and oxygen atoms in total. The molecule has 2 aromatic carbocycles. The van der Waals surface area contributed by atoms with Gasteiger partial charge in [-0.25, -0.2) is 4.79 Å². The number of anilines is 1. The normalized spacial score (nSPS) is 16.5. The van der Waals surface area contributed by atoms with E-state index >= 15 is 0 Å². The van der Waals surface area contributed by atoms with Gasteiger partial charge in [0, 0.05) is 23.6 Å². The molecule has 1 aromatic heterocycles. The number of benzene rings is 2. The summed E-state index contributed by atoms with van der Waals surface area (Å²) in [6, 6.07) is 14.0. The zero-order valence-corrected chi connectivity index (χ0v) is 22.5. The highest BCUT2D eigenvalue weighted by Gasteiger charge is 2.47. The van der Waals surface area contributed by atoms with Crippen LogP contribution in [0, 0.1) is 12.8 Å². The number of aliphatic hydroxyl groups is 1. The third-order valence-electron chi connectivity index (χ3n) is 6.26. The second kappa shape index (κ2) is 11.9. The van der Waals surface area contributed by atoms with Crippen LogP contribution in [0.15, 0.2) is 72.6 Å². The Hall–Kier alpha value is -4.46. The van der Waals surface area contributed by atoms with Crippen molar-refractivity contribution < 1.29 is 29.0 Å². The molecule has 1 unspecified atom stereocenters. The van der Waals surface area contributed by atoms with E-state index in [4.69, 9.17) is 9.47 Å². The molecule has 8 heteroatoms. The maximum Gasteiger partial charge on any atom is 0.338 e. The Labute approximate surface area is 227 Å². The fraction of sp³-hybridized carbons (Fsp3) is 0.290. The van der Waals surface area contributed by atoms with Gasteiger partial charge in [0.25, 0.3) is 11.7 Å². The number of amides is 1. The van der Waals surface area contributed by atoms with Crippen molar-refractivity contribution in [3.05, 3.63) is 94.8 Å². The molecule has 1 saturated heterocycles. The fourth-order valence-electron chi connectivity index (χ4n) is 4.38. The van der Waals surface area contributed by atoms with Crippen LogP contribution in [0.4, 0.5) is 5.69 Å². The summed E-state index contributed by atoms with van der Waals surface area (Å²) in [7, 11) is 0. The Morgan fingerprint density at radius 2 is 1.87 bits per heavy atom. The van der Waals surface area contributed by atoms with Gasteiger partial charge in [0.05, 0.1) is 30.4 Å². The summed E-state index contributed by atoms with van der Waals surface area (Å²) in [6.45, 7) is 8.67. The molecule has 1 aliphatic heterocycles. The van der Waals surface area contributed by atoms with Crippen molar-refractivity contribution >= 4 is 29.1 Å². The van der Waals surface area contributed by atoms with Gasteiger partial charge < -0.3 is 14.6 Å². The molecule has 39 heavy (non-hydrogen) atoms. The van der Waals surface area contributed by atoms with E-state index in [2.05, 4.69) is 18.8 Å². The predicted octanol–water partition coefficient (Wildman–Crippen LogP) is 5.62. The Morgan fingerprint density at radius 1 is 1.08 bits per heavy atom. The molecule has 1 atom stereocenters. The first kappa shape index (κ1) is 27.6. The van der Waals surface area contributed by atoms with Crippen LogP contribution in [0.3, 0.4) is 0 Å². The first-order chi connectivity index (χ1) is 18.7. The molecule has 0 radical (unpaired) electrons. The summed E-state index contributed by atoms with van der Waals surface area (Å²) < 4.78 is 11.1. The number of Topliss-reactive ketones (excluding diaryl/α,β-unsaturated/α-hetero) is 1. The summed E-state index contributed by atoms with van der Waals surface area (Å²) in [5.74, 6) is -1.46. The van der Waals surface area contributed by atoms with E-state index in [0.29, 0.717) is 41.5 Å². The molecule has 1 aliphatic rings. The second-order valence-corrected chi connectivity index (χ2v) is 9.83. The highest BCUT2D eigenvalue weighted by atomic mass is 16.5. The molecule has 0 spiro atoms. The lowest BCUT2D eigenvalue weighted by molar-refractivity contribution is -0.132. The Balaban J connectivity index is 1.80. The number of nitrogens with zero attached hydrogens (tertiary/aromatic N) is 2. The Bertz CT molecular complexity index is 1410. The topological polar surface area (TPSA) is 106 Å². The maximum absolute atomic E-state index is 13.4. The zero-order valence-electron chi connectivity index (χ0n) is 22.5. The van der Waals surface area contributed by atoms with Gasteiger partial charge in [-0.3, -0.25) is 19.5 Å². The molecule has 4 rings (SSSR count). The maximum atomic E-state index is 13.4. The number of aromatic nitrogens is 1. The summed E-state index contributed by atoms with van der Waals surface area (Å²) >= 11 is 0. The number of ether oxygens (including phenoxy) is 2. The molecule has 2 heterocycles. The van der Waals surface area contributed by atoms with E-state index in [1.807, 2.05) is 13.8 Å². The summed E-state index contributed by atoms with van der Waals surface area (Å²) in [5, 5.41) is 11.4. The first-order valence-corrected chi connectivity index (χ1v) is 12.9. The van der Waals surface area contributed by atoms with Crippen molar-refractivity contribution in [1.29, 1.82) is 0 Å². The minimum Gasteiger partial charge on any atom is -0.507 e. The van der Waals surface area contributed by atoms with Crippen LogP contribution in [0.25, 0.3) is 5.76 Å². The number of aliphatic hydroxyl groups excluding tert-OH is 1. The van der Waals surface area contributed by atoms with Gasteiger partial charge in [0.15, 0.2) is 0 Å². The van der Waals surface area contributed by atoms with E-state index in [-0.39, 0.29) is 23.5 Å². The van der Waals surface area contributed by atoms with E-state index in [1.54, 1.807) is 60.9 Å². The SMILES string of the molecule is CCCOC(=O)c1cccc(N2C(=O)C(=O)/C(=C(/O)c3ccc(OCC(C)C)c(C)c3)C2c2cccnc2)c1. The van der Waals surface area contributed by atoms with Crippen molar-refractivity contribution in [2.45, 2.75) is 40.2 Å². The van der Waals surface area contributed by atoms with E-state index in [1.165, 1.54) is 11.0 Å². The van der Waals surface area contributed by atoms with Crippen LogP contribution in [0.5, 0.6) is 5.75 Å². The Morgan fingerprint density at radius 3 is 2.54 bits per heavy atom. The number of ketones is 1. The molecule has 1 amide bonds. The average Bonchev–Trinajstić information content (AvgIpc) is 3.21. The first-order valence-electron chi connectivity index (χ1n) is 12.9. The van der Waals surface area contributed by atoms with Crippen molar-refractivity contribution in [3.63, 3.8) is 0 Å². The third-order valence-corrected chi connectivity index (χ3v) is 6.26. The summed E-state index contributed by atoms with van der Waals surface area (Å²) in [4.78, 5) is 44.8. The number of aryl methyl sites for hydroxylation is 1. The van der Waals surface area contributed by atoms with Crippen LogP contribution in [-0.4, -0.2) is 41.0 Å². The van der Waals surface area contributed by atoms with Gasteiger partial charge in [0.2, 0.25) is 0 Å². The lowest BCUT2D eigenvalue weighted by Gasteiger charge is -2.25. The van der Waals surface area contributed by atoms with Gasteiger partial charge in [-0.1, -0.05) is 32.9 Å². The average molecular weight is 529 g/mol. The van der Waals surface area contributed by atoms with Gasteiger partial charge in [0.1, 0.15) is 11.5 Å². The molecule has 0 aliphatic carbocycles. The number of pyridine rings is 1. The highest BCUT2D eigenvalue weighted by molar-refractivity contribution is 6.51. The lowest BCUT2D eigenvalue weighted by atomic mass is 9.95. The van der Waals surface area contributed by atoms with Crippen molar-refractivity contribution in [1.82, 2.24) is 4.98 Å². The van der Waals surface area contributed by atoms with Crippen LogP contribution >= 0.6 is 0 Å². The molecule has 0 saturated carbocycles. The standard InChI is InChI=1S/C31H32N2O6/c1-5-14-38-31(37)22-8-6-10-24(16-22)33-27(23-9-7-13-32-17-23)26(29(35)30(33)36)28(34)21-11-12-25(20(4)15-21)39-18-19(2)3/h6-13,15-17,19,27,34H,5,14,18H2,1-4H3/b28-26+. The van der Waals surface area contributed by atoms with Crippen molar-refractivity contribution in [3.8, 4) is 5.75 Å². The zero-order chi connectivity index (χ0) is 28.1. The van der Waals surface area contributed by atoms with Gasteiger partial charge >= 0.3 is 5.97 Å². The number of esters is 1. The number of carbonyl (C=O) groups is 3. The van der Waals surface area contributed by atoms with Gasteiger partial charge in [-0.05, 0) is 72.9 Å².